The van der Waals surface area contributed by atoms with Crippen LogP contribution in [0.5, 0.6) is 5.75 Å². The van der Waals surface area contributed by atoms with Gasteiger partial charge in [-0.05, 0) is 36.6 Å². The molecule has 1 aromatic carbocycles. The molecule has 1 aliphatic heterocycles. The lowest BCUT2D eigenvalue weighted by molar-refractivity contribution is 0.0694. The van der Waals surface area contributed by atoms with Gasteiger partial charge in [-0.3, -0.25) is 4.98 Å². The lowest BCUT2D eigenvalue weighted by atomic mass is 9.97. The van der Waals surface area contributed by atoms with Gasteiger partial charge in [0.2, 0.25) is 0 Å². The Morgan fingerprint density at radius 2 is 2.12 bits per heavy atom. The molecule has 1 aromatic heterocycles. The summed E-state index contributed by atoms with van der Waals surface area (Å²) in [6.45, 7) is 3.16. The van der Waals surface area contributed by atoms with E-state index in [1.54, 1.807) is 23.2 Å². The molecule has 2 aromatic rings. The van der Waals surface area contributed by atoms with Gasteiger partial charge in [0.25, 0.3) is 0 Å². The van der Waals surface area contributed by atoms with Gasteiger partial charge in [-0.25, -0.2) is 9.59 Å². The summed E-state index contributed by atoms with van der Waals surface area (Å²) in [4.78, 5) is 29.5. The fourth-order valence-electron chi connectivity index (χ4n) is 2.90. The minimum absolute atomic E-state index is 0.208. The number of nitrogens with one attached hydrogen (secondary N) is 1. The maximum Gasteiger partial charge on any atom is 0.337 e. The molecule has 130 valence electrons. The fraction of sp³-hybridized carbons (Fsp3) is 0.278. The van der Waals surface area contributed by atoms with Crippen LogP contribution in [0.1, 0.15) is 28.4 Å². The van der Waals surface area contributed by atoms with Crippen molar-refractivity contribution in [3.63, 3.8) is 0 Å². The summed E-state index contributed by atoms with van der Waals surface area (Å²) in [7, 11) is 0. The highest BCUT2D eigenvalue weighted by Gasteiger charge is 2.25. The van der Waals surface area contributed by atoms with Crippen LogP contribution in [0.25, 0.3) is 0 Å². The summed E-state index contributed by atoms with van der Waals surface area (Å²) in [6, 6.07) is 7.00. The van der Waals surface area contributed by atoms with Crippen LogP contribution < -0.4 is 10.1 Å². The van der Waals surface area contributed by atoms with Crippen molar-refractivity contribution in [3.05, 3.63) is 53.3 Å². The van der Waals surface area contributed by atoms with E-state index in [0.29, 0.717) is 37.6 Å². The predicted octanol–water partition coefficient (Wildman–Crippen LogP) is 2.77. The second-order valence-electron chi connectivity index (χ2n) is 5.66. The van der Waals surface area contributed by atoms with Gasteiger partial charge in [-0.2, -0.15) is 0 Å². The summed E-state index contributed by atoms with van der Waals surface area (Å²) >= 11 is 0. The van der Waals surface area contributed by atoms with E-state index >= 15 is 0 Å². The van der Waals surface area contributed by atoms with E-state index in [2.05, 4.69) is 10.3 Å². The zero-order valence-electron chi connectivity index (χ0n) is 13.9. The van der Waals surface area contributed by atoms with Crippen molar-refractivity contribution in [2.24, 2.45) is 0 Å². The highest BCUT2D eigenvalue weighted by Crippen LogP contribution is 2.26. The number of fused-ring (bicyclic) bond motifs is 1. The monoisotopic (exact) mass is 341 g/mol. The van der Waals surface area contributed by atoms with Gasteiger partial charge in [0.15, 0.2) is 0 Å². The number of anilines is 1. The van der Waals surface area contributed by atoms with Crippen molar-refractivity contribution >= 4 is 17.7 Å². The molecule has 7 heteroatoms. The molecular weight excluding hydrogens is 322 g/mol. The van der Waals surface area contributed by atoms with Crippen molar-refractivity contribution in [1.82, 2.24) is 9.88 Å². The molecule has 0 fully saturated rings. The largest absolute Gasteiger partial charge is 0.492 e. The SMILES string of the molecule is CCOc1ccccc1NC(=O)N1CCc2c(cncc2C(=O)O)C1. The highest BCUT2D eigenvalue weighted by atomic mass is 16.5. The summed E-state index contributed by atoms with van der Waals surface area (Å²) in [6.07, 6.45) is 3.46. The van der Waals surface area contributed by atoms with E-state index in [4.69, 9.17) is 4.74 Å². The summed E-state index contributed by atoms with van der Waals surface area (Å²) < 4.78 is 5.52. The number of benzene rings is 1. The molecule has 0 aliphatic carbocycles. The van der Waals surface area contributed by atoms with Crippen molar-refractivity contribution in [2.75, 3.05) is 18.5 Å². The van der Waals surface area contributed by atoms with Crippen LogP contribution in [0, 0.1) is 0 Å². The average molecular weight is 341 g/mol. The molecule has 2 amide bonds. The minimum atomic E-state index is -0.993. The van der Waals surface area contributed by atoms with E-state index in [-0.39, 0.29) is 11.6 Å². The lowest BCUT2D eigenvalue weighted by Crippen LogP contribution is -2.39. The first kappa shape index (κ1) is 16.8. The number of carbonyl (C=O) groups is 2. The third kappa shape index (κ3) is 3.55. The number of carbonyl (C=O) groups excluding carboxylic acids is 1. The van der Waals surface area contributed by atoms with Gasteiger partial charge in [-0.1, -0.05) is 12.1 Å². The molecule has 0 atom stereocenters. The maximum atomic E-state index is 12.6. The zero-order valence-corrected chi connectivity index (χ0v) is 13.9. The maximum absolute atomic E-state index is 12.6. The number of urea groups is 1. The number of aromatic nitrogens is 1. The van der Waals surface area contributed by atoms with Crippen LogP contribution in [0.2, 0.25) is 0 Å². The Balaban J connectivity index is 1.75. The van der Waals surface area contributed by atoms with E-state index in [1.165, 1.54) is 6.20 Å². The van der Waals surface area contributed by atoms with Gasteiger partial charge in [-0.15, -0.1) is 0 Å². The van der Waals surface area contributed by atoms with Gasteiger partial charge < -0.3 is 20.1 Å². The number of hydrogen-bond donors (Lipinski definition) is 2. The quantitative estimate of drug-likeness (QED) is 0.892. The van der Waals surface area contributed by atoms with Crippen LogP contribution in [0.15, 0.2) is 36.7 Å². The molecular formula is C18H19N3O4. The first-order valence-electron chi connectivity index (χ1n) is 8.07. The lowest BCUT2D eigenvalue weighted by Gasteiger charge is -2.29. The van der Waals surface area contributed by atoms with Crippen LogP contribution in [0.3, 0.4) is 0 Å². The number of nitrogens with zero attached hydrogens (tertiary/aromatic N) is 2. The van der Waals surface area contributed by atoms with Crippen molar-refractivity contribution in [3.8, 4) is 5.75 Å². The van der Waals surface area contributed by atoms with Gasteiger partial charge in [0.05, 0.1) is 17.9 Å². The molecule has 25 heavy (non-hydrogen) atoms. The molecule has 0 spiro atoms. The molecule has 1 aliphatic rings. The number of aromatic carboxylic acids is 1. The van der Waals surface area contributed by atoms with Gasteiger partial charge >= 0.3 is 12.0 Å². The number of carboxylic acid groups (broad SMARTS) is 1. The van der Waals surface area contributed by atoms with Crippen molar-refractivity contribution in [1.29, 1.82) is 0 Å². The van der Waals surface area contributed by atoms with Gasteiger partial charge in [0.1, 0.15) is 5.75 Å². The van der Waals surface area contributed by atoms with Crippen LogP contribution >= 0.6 is 0 Å². The molecule has 3 rings (SSSR count). The highest BCUT2D eigenvalue weighted by molar-refractivity contribution is 5.92. The minimum Gasteiger partial charge on any atom is -0.492 e. The van der Waals surface area contributed by atoms with Crippen molar-refractivity contribution < 1.29 is 19.4 Å². The topological polar surface area (TPSA) is 91.8 Å². The number of amides is 2. The molecule has 0 unspecified atom stereocenters. The third-order valence-electron chi connectivity index (χ3n) is 4.09. The second-order valence-corrected chi connectivity index (χ2v) is 5.66. The first-order valence-corrected chi connectivity index (χ1v) is 8.07. The first-order chi connectivity index (χ1) is 12.1. The molecule has 0 saturated heterocycles. The predicted molar refractivity (Wildman–Crippen MR) is 91.9 cm³/mol. The number of pyridine rings is 1. The second kappa shape index (κ2) is 7.21. The summed E-state index contributed by atoms with van der Waals surface area (Å²) in [5.41, 5.74) is 2.33. The van der Waals surface area contributed by atoms with E-state index in [0.717, 1.165) is 11.1 Å². The molecule has 2 heterocycles. The summed E-state index contributed by atoms with van der Waals surface area (Å²) in [5.74, 6) is -0.376. The Labute approximate surface area is 145 Å². The fourth-order valence-corrected chi connectivity index (χ4v) is 2.90. The molecule has 0 saturated carbocycles. The van der Waals surface area contributed by atoms with E-state index in [9.17, 15) is 14.7 Å². The van der Waals surface area contributed by atoms with Crippen molar-refractivity contribution in [2.45, 2.75) is 19.9 Å². The normalized spacial score (nSPS) is 13.1. The number of carboxylic acids is 1. The van der Waals surface area contributed by atoms with E-state index < -0.39 is 5.97 Å². The molecule has 7 nitrogen and oxygen atoms in total. The van der Waals surface area contributed by atoms with E-state index in [1.807, 2.05) is 19.1 Å². The molecule has 0 radical (unpaired) electrons. The Hall–Kier alpha value is -3.09. The number of para-hydroxylation sites is 2. The smallest absolute Gasteiger partial charge is 0.337 e. The Bertz CT molecular complexity index is 807. The van der Waals surface area contributed by atoms with Crippen LogP contribution in [0.4, 0.5) is 10.5 Å². The molecule has 2 N–H and O–H groups in total. The Morgan fingerprint density at radius 1 is 1.32 bits per heavy atom. The van der Waals surface area contributed by atoms with Gasteiger partial charge in [0, 0.05) is 25.5 Å². The molecule has 0 bridgehead atoms. The average Bonchev–Trinajstić information content (AvgIpc) is 2.62. The number of hydrogen-bond acceptors (Lipinski definition) is 4. The Kier molecular flexibility index (Phi) is 4.83. The third-order valence-corrected chi connectivity index (χ3v) is 4.09. The van der Waals surface area contributed by atoms with Crippen LogP contribution in [-0.2, 0) is 13.0 Å². The van der Waals surface area contributed by atoms with Crippen LogP contribution in [-0.4, -0.2) is 40.1 Å². The standard InChI is InChI=1S/C18H19N3O4/c1-2-25-16-6-4-3-5-15(16)20-18(24)21-8-7-13-12(11-21)9-19-10-14(13)17(22)23/h3-6,9-10H,2,7-8,11H2,1H3,(H,20,24)(H,22,23). The zero-order chi connectivity index (χ0) is 17.8. The Morgan fingerprint density at radius 3 is 2.88 bits per heavy atom. The number of ether oxygens (including phenoxy) is 1. The summed E-state index contributed by atoms with van der Waals surface area (Å²) in [5, 5.41) is 12.1. The number of rotatable bonds is 4.